The standard InChI is InChI=1S/C58H32N6/c59-29-43-56(63-47-32-60-30-44-39-23-12-13-24-40(39)45-31-61-33-48(63)54(45)53(44)47)50(35-17-6-2-7-18-35)49(34-15-4-1-5-16-34)51(36-19-8-3-9-20-36)57(43)64-46-26-14-25-41-37-21-10-11-22-38(37)42-27-28-62-58(64)55(42)52(41)46/h1-28,30-33H. The predicted molar refractivity (Wildman–Crippen MR) is 262 cm³/mol. The van der Waals surface area contributed by atoms with Crippen LogP contribution in [0.4, 0.5) is 0 Å². The van der Waals surface area contributed by atoms with Gasteiger partial charge in [-0.05, 0) is 61.1 Å². The molecule has 9 aromatic carbocycles. The number of fused-ring (bicyclic) bond motifs is 6. The Labute approximate surface area is 365 Å². The van der Waals surface area contributed by atoms with E-state index in [-0.39, 0.29) is 0 Å². The molecule has 0 aliphatic rings. The van der Waals surface area contributed by atoms with Gasteiger partial charge in [-0.3, -0.25) is 14.5 Å². The van der Waals surface area contributed by atoms with Gasteiger partial charge in [-0.1, -0.05) is 152 Å². The third kappa shape index (κ3) is 4.49. The monoisotopic (exact) mass is 812 g/mol. The van der Waals surface area contributed by atoms with Crippen molar-refractivity contribution < 1.29 is 0 Å². The van der Waals surface area contributed by atoms with Crippen LogP contribution in [0.3, 0.4) is 0 Å². The fourth-order valence-electron chi connectivity index (χ4n) is 11.0. The maximum atomic E-state index is 12.3. The highest BCUT2D eigenvalue weighted by Gasteiger charge is 2.33. The Morgan fingerprint density at radius 1 is 0.359 bits per heavy atom. The number of pyridine rings is 3. The van der Waals surface area contributed by atoms with Crippen LogP contribution in [0.5, 0.6) is 0 Å². The molecule has 64 heavy (non-hydrogen) atoms. The number of rotatable bonds is 5. The molecular weight excluding hydrogens is 781 g/mol. The summed E-state index contributed by atoms with van der Waals surface area (Å²) in [4.78, 5) is 15.2. The van der Waals surface area contributed by atoms with Crippen LogP contribution in [0.2, 0.25) is 0 Å². The topological polar surface area (TPSA) is 72.3 Å². The van der Waals surface area contributed by atoms with Crippen LogP contribution < -0.4 is 0 Å². The van der Waals surface area contributed by atoms with Gasteiger partial charge in [-0.2, -0.15) is 5.26 Å². The van der Waals surface area contributed by atoms with E-state index in [1.165, 1.54) is 10.8 Å². The van der Waals surface area contributed by atoms with Crippen LogP contribution in [0.15, 0.2) is 195 Å². The van der Waals surface area contributed by atoms with E-state index in [9.17, 15) is 5.26 Å². The van der Waals surface area contributed by atoms with Gasteiger partial charge in [0.2, 0.25) is 0 Å². The zero-order valence-corrected chi connectivity index (χ0v) is 34.2. The molecule has 5 aromatic heterocycles. The minimum atomic E-state index is 0.511. The number of nitriles is 1. The fourth-order valence-corrected chi connectivity index (χ4v) is 11.0. The Hall–Kier alpha value is -8.92. The number of aromatic nitrogens is 5. The lowest BCUT2D eigenvalue weighted by Crippen LogP contribution is -2.11. The second-order valence-corrected chi connectivity index (χ2v) is 16.6. The summed E-state index contributed by atoms with van der Waals surface area (Å²) >= 11 is 0. The maximum absolute atomic E-state index is 12.3. The van der Waals surface area contributed by atoms with Gasteiger partial charge in [0.05, 0.1) is 40.3 Å². The summed E-state index contributed by atoms with van der Waals surface area (Å²) in [6.45, 7) is 0. The van der Waals surface area contributed by atoms with Crippen molar-refractivity contribution in [2.45, 2.75) is 0 Å². The van der Waals surface area contributed by atoms with E-state index >= 15 is 0 Å². The molecule has 0 N–H and O–H groups in total. The Bertz CT molecular complexity index is 3820. The average molecular weight is 813 g/mol. The Kier molecular flexibility index (Phi) is 7.08. The second-order valence-electron chi connectivity index (χ2n) is 16.6. The first kappa shape index (κ1) is 34.8. The molecule has 0 atom stereocenters. The lowest BCUT2D eigenvalue weighted by molar-refractivity contribution is 1.10. The molecule has 0 bridgehead atoms. The molecule has 294 valence electrons. The van der Waals surface area contributed by atoms with Crippen LogP contribution in [0.25, 0.3) is 132 Å². The van der Waals surface area contributed by atoms with Gasteiger partial charge < -0.3 is 4.57 Å². The number of hydrogen-bond acceptors (Lipinski definition) is 4. The van der Waals surface area contributed by atoms with Gasteiger partial charge >= 0.3 is 0 Å². The molecule has 14 aromatic rings. The summed E-state index contributed by atoms with van der Waals surface area (Å²) < 4.78 is 4.56. The molecule has 14 rings (SSSR count). The Morgan fingerprint density at radius 2 is 0.797 bits per heavy atom. The first-order valence-corrected chi connectivity index (χ1v) is 21.5. The lowest BCUT2D eigenvalue weighted by atomic mass is 9.82. The predicted octanol–water partition coefficient (Wildman–Crippen LogP) is 14.4. The molecule has 6 heteroatoms. The first-order valence-electron chi connectivity index (χ1n) is 21.5. The molecule has 6 nitrogen and oxygen atoms in total. The molecule has 0 radical (unpaired) electrons. The van der Waals surface area contributed by atoms with Crippen molar-refractivity contribution in [2.75, 3.05) is 0 Å². The van der Waals surface area contributed by atoms with Crippen LogP contribution >= 0.6 is 0 Å². The third-order valence-electron chi connectivity index (χ3n) is 13.5. The quantitative estimate of drug-likeness (QED) is 0.162. The summed E-state index contributed by atoms with van der Waals surface area (Å²) in [6, 6.07) is 60.5. The Balaban J connectivity index is 1.30. The van der Waals surface area contributed by atoms with Crippen molar-refractivity contribution in [1.82, 2.24) is 24.1 Å². The average Bonchev–Trinajstić information content (AvgIpc) is 3.89. The largest absolute Gasteiger partial charge is 0.304 e. The molecular formula is C58H32N6. The van der Waals surface area contributed by atoms with Gasteiger partial charge in [-0.15, -0.1) is 0 Å². The summed E-state index contributed by atoms with van der Waals surface area (Å²) in [7, 11) is 0. The molecule has 0 aliphatic heterocycles. The summed E-state index contributed by atoms with van der Waals surface area (Å²) in [5, 5.41) is 25.7. The molecule has 0 spiro atoms. The van der Waals surface area contributed by atoms with E-state index < -0.39 is 0 Å². The van der Waals surface area contributed by atoms with E-state index in [0.717, 1.165) is 121 Å². The van der Waals surface area contributed by atoms with Crippen molar-refractivity contribution in [3.05, 3.63) is 200 Å². The molecule has 0 saturated heterocycles. The highest BCUT2D eigenvalue weighted by Crippen LogP contribution is 2.54. The minimum Gasteiger partial charge on any atom is -0.304 e. The summed E-state index contributed by atoms with van der Waals surface area (Å²) in [5.41, 5.74) is 11.5. The maximum Gasteiger partial charge on any atom is 0.146 e. The highest BCUT2D eigenvalue weighted by atomic mass is 15.1. The van der Waals surface area contributed by atoms with E-state index in [1.54, 1.807) is 0 Å². The van der Waals surface area contributed by atoms with Gasteiger partial charge in [0.25, 0.3) is 0 Å². The zero-order chi connectivity index (χ0) is 42.0. The Morgan fingerprint density at radius 3 is 1.33 bits per heavy atom. The van der Waals surface area contributed by atoms with Gasteiger partial charge in [-0.25, -0.2) is 4.98 Å². The van der Waals surface area contributed by atoms with Crippen molar-refractivity contribution in [2.24, 2.45) is 0 Å². The number of nitrogens with zero attached hydrogens (tertiary/aromatic N) is 6. The van der Waals surface area contributed by atoms with Crippen molar-refractivity contribution in [3.63, 3.8) is 0 Å². The number of benzene rings is 9. The number of hydrogen-bond donors (Lipinski definition) is 0. The SMILES string of the molecule is N#Cc1c(-n2c3cncc4c5ccccc5c5cncc2c5c43)c(-c2ccccc2)c(-c2ccccc2)c(-c2ccccc2)c1-n1c2cccc3c4ccccc4c4ccnc1c4c32. The highest BCUT2D eigenvalue weighted by molar-refractivity contribution is 6.35. The van der Waals surface area contributed by atoms with Gasteiger partial charge in [0.1, 0.15) is 17.3 Å². The van der Waals surface area contributed by atoms with Crippen LogP contribution in [-0.4, -0.2) is 24.1 Å². The third-order valence-corrected chi connectivity index (χ3v) is 13.5. The fraction of sp³-hybridized carbons (Fsp3) is 0. The van der Waals surface area contributed by atoms with Crippen LogP contribution in [0.1, 0.15) is 5.56 Å². The van der Waals surface area contributed by atoms with Gasteiger partial charge in [0, 0.05) is 67.6 Å². The van der Waals surface area contributed by atoms with E-state index in [1.807, 2.05) is 37.1 Å². The summed E-state index contributed by atoms with van der Waals surface area (Å²) in [5.74, 6) is 0. The van der Waals surface area contributed by atoms with Crippen molar-refractivity contribution in [1.29, 1.82) is 5.26 Å². The van der Waals surface area contributed by atoms with Crippen LogP contribution in [-0.2, 0) is 0 Å². The molecule has 0 aliphatic carbocycles. The lowest BCUT2D eigenvalue weighted by Gasteiger charge is -2.27. The molecule has 0 amide bonds. The molecule has 0 saturated carbocycles. The normalized spacial score (nSPS) is 12.0. The van der Waals surface area contributed by atoms with E-state index in [0.29, 0.717) is 5.56 Å². The minimum absolute atomic E-state index is 0.511. The molecule has 5 heterocycles. The van der Waals surface area contributed by atoms with Crippen molar-refractivity contribution in [3.8, 4) is 50.8 Å². The molecule has 0 fully saturated rings. The zero-order valence-electron chi connectivity index (χ0n) is 34.2. The first-order chi connectivity index (χ1) is 31.8. The van der Waals surface area contributed by atoms with Crippen molar-refractivity contribution >= 4 is 86.8 Å². The summed E-state index contributed by atoms with van der Waals surface area (Å²) in [6.07, 6.45) is 9.80. The van der Waals surface area contributed by atoms with E-state index in [4.69, 9.17) is 15.0 Å². The van der Waals surface area contributed by atoms with Gasteiger partial charge in [0.15, 0.2) is 0 Å². The van der Waals surface area contributed by atoms with E-state index in [2.05, 4.69) is 173 Å². The van der Waals surface area contributed by atoms with Crippen LogP contribution in [0, 0.1) is 11.3 Å². The molecule has 0 unspecified atom stereocenters. The second kappa shape index (κ2) is 13.0. The smallest absolute Gasteiger partial charge is 0.146 e.